The Labute approximate surface area is 148 Å². The van der Waals surface area contributed by atoms with Crippen LogP contribution in [0.25, 0.3) is 0 Å². The van der Waals surface area contributed by atoms with E-state index in [0.717, 1.165) is 5.56 Å². The highest BCUT2D eigenvalue weighted by Crippen LogP contribution is 2.20. The smallest absolute Gasteiger partial charge is 0.167 e. The molecule has 3 nitrogen and oxygen atoms in total. The average molecular weight is 354 g/mol. The second-order valence-electron chi connectivity index (χ2n) is 5.71. The van der Waals surface area contributed by atoms with Gasteiger partial charge in [-0.1, -0.05) is 35.9 Å². The van der Waals surface area contributed by atoms with Gasteiger partial charge in [0.25, 0.3) is 0 Å². The summed E-state index contributed by atoms with van der Waals surface area (Å²) in [6.45, 7) is 0.640. The van der Waals surface area contributed by atoms with Crippen LogP contribution in [0.1, 0.15) is 15.9 Å². The first kappa shape index (κ1) is 19.5. The number of hydrogen-bond donors (Lipinski definition) is 1. The van der Waals surface area contributed by atoms with Crippen molar-refractivity contribution in [2.45, 2.75) is 6.42 Å². The molecule has 0 spiro atoms. The minimum absolute atomic E-state index is 0. The first-order valence-electron chi connectivity index (χ1n) is 7.18. The molecular formula is C18H21Cl2NO2. The highest BCUT2D eigenvalue weighted by molar-refractivity contribution is 6.30. The summed E-state index contributed by atoms with van der Waals surface area (Å²) in [5, 5.41) is 10.2. The van der Waals surface area contributed by atoms with Crippen LogP contribution in [0.15, 0.2) is 48.5 Å². The zero-order chi connectivity index (χ0) is 16.1. The second kappa shape index (κ2) is 8.92. The zero-order valence-electron chi connectivity index (χ0n) is 13.2. The van der Waals surface area contributed by atoms with Crippen molar-refractivity contribution >= 4 is 29.8 Å². The Hall–Kier alpha value is -1.55. The van der Waals surface area contributed by atoms with Crippen LogP contribution in [-0.2, 0) is 6.42 Å². The van der Waals surface area contributed by atoms with E-state index in [1.165, 1.54) is 6.07 Å². The molecular weight excluding hydrogens is 333 g/mol. The summed E-state index contributed by atoms with van der Waals surface area (Å²) < 4.78 is 0. The van der Waals surface area contributed by atoms with E-state index in [1.807, 2.05) is 43.3 Å². The fourth-order valence-electron chi connectivity index (χ4n) is 2.52. The molecule has 2 aromatic rings. The summed E-state index contributed by atoms with van der Waals surface area (Å²) >= 11 is 6.02. The van der Waals surface area contributed by atoms with Gasteiger partial charge in [-0.25, -0.2) is 0 Å². The Morgan fingerprint density at radius 3 is 2.48 bits per heavy atom. The first-order valence-corrected chi connectivity index (χ1v) is 7.56. The monoisotopic (exact) mass is 353 g/mol. The van der Waals surface area contributed by atoms with Gasteiger partial charge in [0.2, 0.25) is 0 Å². The van der Waals surface area contributed by atoms with Gasteiger partial charge in [0.05, 0.1) is 0 Å². The Kier molecular flexibility index (Phi) is 7.56. The quantitative estimate of drug-likeness (QED) is 0.795. The second-order valence-corrected chi connectivity index (χ2v) is 6.14. The number of carbonyl (C=O) groups is 1. The fraction of sp³-hybridized carbons (Fsp3) is 0.278. The normalized spacial score (nSPS) is 11.8. The molecule has 1 N–H and O–H groups in total. The predicted octanol–water partition coefficient (Wildman–Crippen LogP) is 4.07. The molecule has 1 atom stereocenters. The summed E-state index contributed by atoms with van der Waals surface area (Å²) in [6.07, 6.45) is 0.618. The third kappa shape index (κ3) is 5.87. The van der Waals surface area contributed by atoms with Crippen molar-refractivity contribution < 1.29 is 9.90 Å². The van der Waals surface area contributed by atoms with Crippen molar-refractivity contribution in [2.75, 3.05) is 20.6 Å². The van der Waals surface area contributed by atoms with E-state index in [0.29, 0.717) is 23.6 Å². The highest BCUT2D eigenvalue weighted by Gasteiger charge is 2.21. The van der Waals surface area contributed by atoms with E-state index in [4.69, 9.17) is 11.6 Å². The van der Waals surface area contributed by atoms with E-state index in [-0.39, 0.29) is 29.9 Å². The Morgan fingerprint density at radius 2 is 1.87 bits per heavy atom. The van der Waals surface area contributed by atoms with Crippen molar-refractivity contribution in [3.8, 4) is 5.75 Å². The van der Waals surface area contributed by atoms with Crippen LogP contribution in [-0.4, -0.2) is 36.4 Å². The maximum absolute atomic E-state index is 12.8. The van der Waals surface area contributed by atoms with Crippen LogP contribution < -0.4 is 0 Å². The van der Waals surface area contributed by atoms with Crippen LogP contribution >= 0.6 is 24.0 Å². The Balaban J connectivity index is 0.00000264. The number of nitrogens with zero attached hydrogens (tertiary/aromatic N) is 1. The molecule has 0 aliphatic carbocycles. The van der Waals surface area contributed by atoms with Crippen molar-refractivity contribution in [3.05, 3.63) is 64.7 Å². The van der Waals surface area contributed by atoms with Crippen molar-refractivity contribution in [3.63, 3.8) is 0 Å². The van der Waals surface area contributed by atoms with E-state index >= 15 is 0 Å². The third-order valence-corrected chi connectivity index (χ3v) is 3.69. The predicted molar refractivity (Wildman–Crippen MR) is 96.9 cm³/mol. The number of hydrogen-bond acceptors (Lipinski definition) is 3. The van der Waals surface area contributed by atoms with E-state index in [9.17, 15) is 9.90 Å². The molecule has 2 rings (SSSR count). The van der Waals surface area contributed by atoms with Crippen molar-refractivity contribution in [2.24, 2.45) is 5.92 Å². The minimum Gasteiger partial charge on any atom is -0.508 e. The number of benzene rings is 2. The molecule has 0 saturated carbocycles. The van der Waals surface area contributed by atoms with Gasteiger partial charge in [-0.05, 0) is 50.3 Å². The molecule has 1 unspecified atom stereocenters. The maximum atomic E-state index is 12.8. The lowest BCUT2D eigenvalue weighted by Gasteiger charge is -2.20. The molecule has 0 saturated heterocycles. The number of ketones is 1. The fourth-order valence-corrected chi connectivity index (χ4v) is 2.74. The number of Topliss-reactive ketones (excluding diaryl/α,β-unsaturated/α-hetero) is 1. The lowest BCUT2D eigenvalue weighted by molar-refractivity contribution is 0.0896. The molecule has 0 aliphatic heterocycles. The molecule has 2 aromatic carbocycles. The summed E-state index contributed by atoms with van der Waals surface area (Å²) in [7, 11) is 3.89. The molecule has 0 aromatic heterocycles. The lowest BCUT2D eigenvalue weighted by Crippen LogP contribution is -2.29. The summed E-state index contributed by atoms with van der Waals surface area (Å²) in [6, 6.07) is 14.1. The molecule has 5 heteroatoms. The van der Waals surface area contributed by atoms with Gasteiger partial charge in [0, 0.05) is 23.0 Å². The number of rotatable bonds is 6. The van der Waals surface area contributed by atoms with E-state index < -0.39 is 0 Å². The van der Waals surface area contributed by atoms with Crippen LogP contribution in [0.4, 0.5) is 0 Å². The van der Waals surface area contributed by atoms with Crippen LogP contribution in [0, 0.1) is 5.92 Å². The van der Waals surface area contributed by atoms with Crippen molar-refractivity contribution in [1.29, 1.82) is 0 Å². The largest absolute Gasteiger partial charge is 0.508 e. The Bertz CT molecular complexity index is 659. The summed E-state index contributed by atoms with van der Waals surface area (Å²) in [4.78, 5) is 14.7. The number of phenolic OH excluding ortho intramolecular Hbond substituents is 1. The summed E-state index contributed by atoms with van der Waals surface area (Å²) in [5.74, 6) is -0.0444. The topological polar surface area (TPSA) is 40.5 Å². The molecule has 0 fully saturated rings. The van der Waals surface area contributed by atoms with Crippen LogP contribution in [0.5, 0.6) is 5.75 Å². The van der Waals surface area contributed by atoms with E-state index in [2.05, 4.69) is 0 Å². The SMILES string of the molecule is CN(C)CC(Cc1cccc(Cl)c1)C(=O)c1cccc(O)c1.Cl. The van der Waals surface area contributed by atoms with Gasteiger partial charge < -0.3 is 10.0 Å². The number of aromatic hydroxyl groups is 1. The zero-order valence-corrected chi connectivity index (χ0v) is 14.8. The standard InChI is InChI=1S/C18H20ClNO2.ClH/c1-20(2)12-15(9-13-5-3-7-16(19)10-13)18(22)14-6-4-8-17(21)11-14;/h3-8,10-11,15,21H,9,12H2,1-2H3;1H. The van der Waals surface area contributed by atoms with Gasteiger partial charge in [-0.2, -0.15) is 0 Å². The van der Waals surface area contributed by atoms with Gasteiger partial charge >= 0.3 is 0 Å². The molecule has 0 heterocycles. The molecule has 124 valence electrons. The molecule has 0 aliphatic rings. The van der Waals surface area contributed by atoms with Crippen LogP contribution in [0.3, 0.4) is 0 Å². The van der Waals surface area contributed by atoms with Gasteiger partial charge in [0.15, 0.2) is 5.78 Å². The average Bonchev–Trinajstić information content (AvgIpc) is 2.45. The minimum atomic E-state index is -0.185. The molecule has 0 amide bonds. The summed E-state index contributed by atoms with van der Waals surface area (Å²) in [5.41, 5.74) is 1.57. The van der Waals surface area contributed by atoms with Crippen LogP contribution in [0.2, 0.25) is 5.02 Å². The van der Waals surface area contributed by atoms with Gasteiger partial charge in [-0.3, -0.25) is 4.79 Å². The van der Waals surface area contributed by atoms with Crippen molar-refractivity contribution in [1.82, 2.24) is 4.90 Å². The lowest BCUT2D eigenvalue weighted by atomic mass is 9.91. The molecule has 23 heavy (non-hydrogen) atoms. The number of halogens is 2. The number of carbonyl (C=O) groups excluding carboxylic acids is 1. The Morgan fingerprint density at radius 1 is 1.17 bits per heavy atom. The van der Waals surface area contributed by atoms with Gasteiger partial charge in [0.1, 0.15) is 5.75 Å². The maximum Gasteiger partial charge on any atom is 0.167 e. The molecule has 0 bridgehead atoms. The highest BCUT2D eigenvalue weighted by atomic mass is 35.5. The number of phenols is 1. The van der Waals surface area contributed by atoms with E-state index in [1.54, 1.807) is 18.2 Å². The van der Waals surface area contributed by atoms with Gasteiger partial charge in [-0.15, -0.1) is 12.4 Å². The molecule has 0 radical (unpaired) electrons. The third-order valence-electron chi connectivity index (χ3n) is 3.46. The first-order chi connectivity index (χ1) is 10.5.